The molecule has 0 aliphatic rings. The summed E-state index contributed by atoms with van der Waals surface area (Å²) in [7, 11) is 1.71. The van der Waals surface area contributed by atoms with Gasteiger partial charge in [-0.2, -0.15) is 11.8 Å². The second kappa shape index (κ2) is 36.0. The number of nitrogens with one attached hydrogen (secondary N) is 4. The molecule has 292 valence electrons. The standard InChI is InChI=1S/C24H35N5O6S.C5H12O.C4H10.C3H8.C2H2/c1-17(31)27-19(16-30)10-6-7-12-25-24(34)21(14-18-8-4-3-5-9-18)28-22(32)15-26-23(33)20(29-35)11-13-36-2;1-5(2,3)6-4;1-4(2)3;1-3-2;1-2/h3-5,8-9,16,19-21H,6-7,10-15H2,1-2H3,(H,25,34)(H,26,33)(H,27,31)(H,28,32);1-4H3;4H,1-3H3;3H2,1-2H3;1-2H. The lowest BCUT2D eigenvalue weighted by Crippen LogP contribution is -2.51. The minimum Gasteiger partial charge on any atom is -0.379 e. The molecule has 0 spiro atoms. The molecule has 4 N–H and O–H groups in total. The van der Waals surface area contributed by atoms with Crippen molar-refractivity contribution in [3.63, 3.8) is 0 Å². The highest BCUT2D eigenvalue weighted by molar-refractivity contribution is 7.98. The maximum Gasteiger partial charge on any atom is 0.248 e. The fourth-order valence-electron chi connectivity index (χ4n) is 3.31. The van der Waals surface area contributed by atoms with Gasteiger partial charge in [-0.05, 0) is 69.9 Å². The van der Waals surface area contributed by atoms with Crippen molar-refractivity contribution in [2.45, 2.75) is 125 Å². The summed E-state index contributed by atoms with van der Waals surface area (Å²) in [4.78, 5) is 70.4. The predicted molar refractivity (Wildman–Crippen MR) is 211 cm³/mol. The van der Waals surface area contributed by atoms with Gasteiger partial charge in [0, 0.05) is 27.0 Å². The van der Waals surface area contributed by atoms with E-state index in [0.29, 0.717) is 37.8 Å². The number of aldehydes is 1. The van der Waals surface area contributed by atoms with Crippen molar-refractivity contribution >= 4 is 41.7 Å². The number of methoxy groups -OCH3 is 1. The SMILES string of the molecule is C#C.CC(C)C.CCC.COC(C)(C)C.CSCCC(N=O)C(=O)NCC(=O)NC(Cc1ccccc1)C(=O)NCCCCC(C=O)NC(C)=O. The minimum absolute atomic E-state index is 0.0417. The van der Waals surface area contributed by atoms with Gasteiger partial charge in [0.2, 0.25) is 23.6 Å². The third kappa shape index (κ3) is 38.9. The Morgan fingerprint density at radius 3 is 1.90 bits per heavy atom. The number of unbranched alkanes of at least 4 members (excludes halogenated alkanes) is 1. The summed E-state index contributed by atoms with van der Waals surface area (Å²) < 4.78 is 4.94. The van der Waals surface area contributed by atoms with Crippen LogP contribution >= 0.6 is 11.8 Å². The highest BCUT2D eigenvalue weighted by Gasteiger charge is 2.23. The second-order valence-electron chi connectivity index (χ2n) is 12.9. The number of hydrogen-bond donors (Lipinski definition) is 4. The zero-order valence-corrected chi connectivity index (χ0v) is 33.8. The minimum atomic E-state index is -1.07. The molecule has 0 fully saturated rings. The number of ether oxygens (including phenoxy) is 1. The fourth-order valence-corrected chi connectivity index (χ4v) is 3.77. The number of rotatable bonds is 18. The van der Waals surface area contributed by atoms with Gasteiger partial charge < -0.3 is 30.8 Å². The van der Waals surface area contributed by atoms with Gasteiger partial charge in [0.1, 0.15) is 12.3 Å². The first-order valence-corrected chi connectivity index (χ1v) is 18.7. The molecule has 4 amide bonds. The topological polar surface area (TPSA) is 172 Å². The largest absolute Gasteiger partial charge is 0.379 e. The first-order chi connectivity index (χ1) is 24.0. The number of benzene rings is 1. The summed E-state index contributed by atoms with van der Waals surface area (Å²) in [5.41, 5.74) is 0.883. The zero-order chi connectivity index (χ0) is 40.3. The molecular formula is C38H67N5O7S. The quantitative estimate of drug-likeness (QED) is 0.0665. The Labute approximate surface area is 312 Å². The van der Waals surface area contributed by atoms with Crippen LogP contribution in [0.2, 0.25) is 0 Å². The number of nitrogens with zero attached hydrogens (tertiary/aromatic N) is 1. The van der Waals surface area contributed by atoms with Gasteiger partial charge in [-0.1, -0.05) is 76.5 Å². The van der Waals surface area contributed by atoms with E-state index in [1.807, 2.05) is 57.4 Å². The van der Waals surface area contributed by atoms with Crippen LogP contribution in [0.15, 0.2) is 35.5 Å². The van der Waals surface area contributed by atoms with Gasteiger partial charge in [-0.3, -0.25) is 19.2 Å². The van der Waals surface area contributed by atoms with Crippen molar-refractivity contribution in [3.8, 4) is 12.8 Å². The van der Waals surface area contributed by atoms with E-state index in [4.69, 9.17) is 4.74 Å². The number of hydrogen-bond acceptors (Lipinski definition) is 9. The number of amides is 4. The van der Waals surface area contributed by atoms with E-state index in [1.54, 1.807) is 7.11 Å². The predicted octanol–water partition coefficient (Wildman–Crippen LogP) is 5.47. The highest BCUT2D eigenvalue weighted by atomic mass is 32.2. The lowest BCUT2D eigenvalue weighted by atomic mass is 10.0. The molecule has 1 aromatic rings. The van der Waals surface area contributed by atoms with Gasteiger partial charge in [0.05, 0.1) is 18.2 Å². The number of carbonyl (C=O) groups excluding carboxylic acids is 5. The Balaban J connectivity index is -0.000000620. The van der Waals surface area contributed by atoms with Gasteiger partial charge in [0.15, 0.2) is 6.04 Å². The summed E-state index contributed by atoms with van der Waals surface area (Å²) >= 11 is 1.48. The molecule has 1 rings (SSSR count). The molecule has 0 saturated heterocycles. The summed E-state index contributed by atoms with van der Waals surface area (Å²) in [6.45, 7) is 18.1. The monoisotopic (exact) mass is 737 g/mol. The van der Waals surface area contributed by atoms with E-state index in [2.05, 4.69) is 73.9 Å². The lowest BCUT2D eigenvalue weighted by molar-refractivity contribution is -0.130. The Morgan fingerprint density at radius 1 is 0.941 bits per heavy atom. The average Bonchev–Trinajstić information content (AvgIpc) is 3.07. The van der Waals surface area contributed by atoms with Crippen LogP contribution in [0.4, 0.5) is 0 Å². The molecule has 0 aliphatic heterocycles. The van der Waals surface area contributed by atoms with E-state index in [0.717, 1.165) is 11.5 Å². The van der Waals surface area contributed by atoms with Crippen molar-refractivity contribution in [1.82, 2.24) is 21.3 Å². The van der Waals surface area contributed by atoms with E-state index in [9.17, 15) is 28.9 Å². The molecule has 0 aromatic heterocycles. The first-order valence-electron chi connectivity index (χ1n) is 17.3. The van der Waals surface area contributed by atoms with Crippen LogP contribution in [-0.2, 0) is 35.1 Å². The molecule has 3 atom stereocenters. The maximum absolute atomic E-state index is 12.8. The van der Waals surface area contributed by atoms with Gasteiger partial charge >= 0.3 is 0 Å². The van der Waals surface area contributed by atoms with Gasteiger partial charge in [-0.15, -0.1) is 17.8 Å². The molecule has 0 saturated carbocycles. The highest BCUT2D eigenvalue weighted by Crippen LogP contribution is 2.06. The summed E-state index contributed by atoms with van der Waals surface area (Å²) in [5.74, 6) is -0.462. The van der Waals surface area contributed by atoms with Gasteiger partial charge in [-0.25, -0.2) is 0 Å². The smallest absolute Gasteiger partial charge is 0.248 e. The Hall–Kier alpha value is -3.76. The molecular weight excluding hydrogens is 671 g/mol. The molecule has 51 heavy (non-hydrogen) atoms. The second-order valence-corrected chi connectivity index (χ2v) is 13.9. The molecule has 0 aliphatic carbocycles. The molecule has 0 bridgehead atoms. The molecule has 12 nitrogen and oxygen atoms in total. The van der Waals surface area contributed by atoms with Crippen molar-refractivity contribution in [1.29, 1.82) is 0 Å². The average molecular weight is 738 g/mol. The van der Waals surface area contributed by atoms with Crippen molar-refractivity contribution < 1.29 is 28.7 Å². The van der Waals surface area contributed by atoms with Crippen LogP contribution in [0.3, 0.4) is 0 Å². The lowest BCUT2D eigenvalue weighted by Gasteiger charge is -2.19. The molecule has 1 aromatic carbocycles. The Morgan fingerprint density at radius 2 is 1.47 bits per heavy atom. The number of nitroso groups, excluding NO2 is 1. The van der Waals surface area contributed by atoms with Crippen LogP contribution in [0.5, 0.6) is 0 Å². The molecule has 0 heterocycles. The van der Waals surface area contributed by atoms with E-state index >= 15 is 0 Å². The number of terminal acetylenes is 1. The van der Waals surface area contributed by atoms with E-state index in [-0.39, 0.29) is 36.8 Å². The van der Waals surface area contributed by atoms with Crippen LogP contribution in [0, 0.1) is 23.7 Å². The summed E-state index contributed by atoms with van der Waals surface area (Å²) in [5, 5.41) is 13.2. The number of thioether (sulfide) groups is 1. The van der Waals surface area contributed by atoms with Crippen LogP contribution in [0.1, 0.15) is 100.0 Å². The molecule has 3 unspecified atom stereocenters. The van der Waals surface area contributed by atoms with Crippen molar-refractivity contribution in [3.05, 3.63) is 40.8 Å². The first kappa shape index (κ1) is 54.0. The summed E-state index contributed by atoms with van der Waals surface area (Å²) in [6.07, 6.45) is 13.9. The Bertz CT molecular complexity index is 1080. The maximum atomic E-state index is 12.8. The number of carbonyl (C=O) groups is 5. The van der Waals surface area contributed by atoms with Crippen LogP contribution < -0.4 is 21.3 Å². The van der Waals surface area contributed by atoms with Crippen LogP contribution in [0.25, 0.3) is 0 Å². The summed E-state index contributed by atoms with van der Waals surface area (Å²) in [6, 6.07) is 6.65. The molecule has 0 radical (unpaired) electrons. The molecule has 13 heteroatoms. The third-order valence-electron chi connectivity index (χ3n) is 5.79. The van der Waals surface area contributed by atoms with Gasteiger partial charge in [0.25, 0.3) is 0 Å². The Kier molecular flexibility index (Phi) is 38.2. The normalized spacial score (nSPS) is 11.6. The van der Waals surface area contributed by atoms with Crippen molar-refractivity contribution in [2.75, 3.05) is 32.2 Å². The zero-order valence-electron chi connectivity index (χ0n) is 33.0. The van der Waals surface area contributed by atoms with E-state index < -0.39 is 29.9 Å². The van der Waals surface area contributed by atoms with Crippen molar-refractivity contribution in [2.24, 2.45) is 11.1 Å². The van der Waals surface area contributed by atoms with E-state index in [1.165, 1.54) is 25.1 Å². The fraction of sp³-hybridized carbons (Fsp3) is 0.658. The third-order valence-corrected chi connectivity index (χ3v) is 6.43. The van der Waals surface area contributed by atoms with Crippen LogP contribution in [-0.4, -0.2) is 85.8 Å².